The molecule has 1 fully saturated rings. The summed E-state index contributed by atoms with van der Waals surface area (Å²) in [5, 5.41) is 11.7. The van der Waals surface area contributed by atoms with E-state index in [4.69, 9.17) is 19.3 Å². The van der Waals surface area contributed by atoms with Gasteiger partial charge in [-0.25, -0.2) is 4.79 Å². The van der Waals surface area contributed by atoms with Crippen LogP contribution in [0.3, 0.4) is 0 Å². The van der Waals surface area contributed by atoms with E-state index in [0.717, 1.165) is 0 Å². The van der Waals surface area contributed by atoms with Crippen molar-refractivity contribution in [3.8, 4) is 11.5 Å². The Kier molecular flexibility index (Phi) is 5.81. The van der Waals surface area contributed by atoms with Crippen LogP contribution < -0.4 is 14.8 Å². The van der Waals surface area contributed by atoms with Crippen molar-refractivity contribution in [2.75, 3.05) is 18.5 Å². The van der Waals surface area contributed by atoms with E-state index in [0.29, 0.717) is 43.2 Å². The van der Waals surface area contributed by atoms with Gasteiger partial charge in [0.15, 0.2) is 6.10 Å². The van der Waals surface area contributed by atoms with Gasteiger partial charge in [-0.1, -0.05) is 0 Å². The number of ether oxygens (including phenoxy) is 3. The van der Waals surface area contributed by atoms with E-state index in [2.05, 4.69) is 5.32 Å². The minimum absolute atomic E-state index is 0.324. The second-order valence-corrected chi connectivity index (χ2v) is 5.04. The van der Waals surface area contributed by atoms with Crippen molar-refractivity contribution in [1.29, 1.82) is 0 Å². The Labute approximate surface area is 134 Å². The number of aliphatic carboxylic acids is 1. The van der Waals surface area contributed by atoms with Crippen molar-refractivity contribution >= 4 is 17.6 Å². The van der Waals surface area contributed by atoms with Crippen LogP contribution in [-0.4, -0.2) is 42.4 Å². The first kappa shape index (κ1) is 17.1. The zero-order chi connectivity index (χ0) is 16.8. The van der Waals surface area contributed by atoms with Gasteiger partial charge < -0.3 is 24.6 Å². The third-order valence-electron chi connectivity index (χ3n) is 3.41. The molecule has 0 radical (unpaired) electrons. The van der Waals surface area contributed by atoms with Crippen molar-refractivity contribution in [3.63, 3.8) is 0 Å². The van der Waals surface area contributed by atoms with Gasteiger partial charge in [-0.15, -0.1) is 0 Å². The standard InChI is InChI=1S/C16H21NO6/c1-3-21-10-5-6-12(22-4-2)11(9-10)17-15(18)13-7-8-14(23-13)16(19)20/h5-6,9,13-14H,3-4,7-8H2,1-2H3,(H,17,18)(H,19,20)/t13-,14+/m0/s1. The first-order chi connectivity index (χ1) is 11.0. The summed E-state index contributed by atoms with van der Waals surface area (Å²) in [6, 6.07) is 5.16. The Bertz CT molecular complexity index is 574. The van der Waals surface area contributed by atoms with Crippen LogP contribution in [-0.2, 0) is 14.3 Å². The Morgan fingerprint density at radius 1 is 1.22 bits per heavy atom. The molecular weight excluding hydrogens is 302 g/mol. The fraction of sp³-hybridized carbons (Fsp3) is 0.500. The topological polar surface area (TPSA) is 94.1 Å². The molecular formula is C16H21NO6. The smallest absolute Gasteiger partial charge is 0.332 e. The van der Waals surface area contributed by atoms with E-state index in [1.807, 2.05) is 13.8 Å². The normalized spacial score (nSPS) is 20.1. The van der Waals surface area contributed by atoms with Crippen LogP contribution in [0.2, 0.25) is 0 Å². The van der Waals surface area contributed by atoms with E-state index in [1.54, 1.807) is 18.2 Å². The first-order valence-electron chi connectivity index (χ1n) is 7.63. The molecule has 1 aromatic carbocycles. The summed E-state index contributed by atoms with van der Waals surface area (Å²) in [5.41, 5.74) is 0.477. The van der Waals surface area contributed by atoms with Crippen LogP contribution in [0, 0.1) is 0 Å². The highest BCUT2D eigenvalue weighted by Gasteiger charge is 2.35. The number of anilines is 1. The van der Waals surface area contributed by atoms with Gasteiger partial charge >= 0.3 is 5.97 Å². The Morgan fingerprint density at radius 2 is 1.91 bits per heavy atom. The Hall–Kier alpha value is -2.28. The van der Waals surface area contributed by atoms with Crippen molar-refractivity contribution in [2.24, 2.45) is 0 Å². The fourth-order valence-electron chi connectivity index (χ4n) is 2.37. The number of rotatable bonds is 7. The summed E-state index contributed by atoms with van der Waals surface area (Å²) in [4.78, 5) is 23.2. The largest absolute Gasteiger partial charge is 0.494 e. The number of hydrogen-bond acceptors (Lipinski definition) is 5. The fourth-order valence-corrected chi connectivity index (χ4v) is 2.37. The summed E-state index contributed by atoms with van der Waals surface area (Å²) < 4.78 is 16.2. The second kappa shape index (κ2) is 7.82. The predicted octanol–water partition coefficient (Wildman–Crippen LogP) is 2.05. The van der Waals surface area contributed by atoms with Gasteiger partial charge in [0.05, 0.1) is 18.9 Å². The Balaban J connectivity index is 2.09. The molecule has 1 aromatic rings. The molecule has 2 atom stereocenters. The van der Waals surface area contributed by atoms with Gasteiger partial charge in [-0.05, 0) is 38.8 Å². The molecule has 0 aromatic heterocycles. The molecule has 23 heavy (non-hydrogen) atoms. The lowest BCUT2D eigenvalue weighted by Crippen LogP contribution is -2.30. The maximum absolute atomic E-state index is 12.3. The molecule has 0 unspecified atom stereocenters. The quantitative estimate of drug-likeness (QED) is 0.797. The zero-order valence-electron chi connectivity index (χ0n) is 13.2. The Morgan fingerprint density at radius 3 is 2.52 bits per heavy atom. The van der Waals surface area contributed by atoms with Gasteiger partial charge in [0.2, 0.25) is 0 Å². The average Bonchev–Trinajstić information content (AvgIpc) is 3.00. The van der Waals surface area contributed by atoms with Crippen molar-refractivity contribution in [3.05, 3.63) is 18.2 Å². The number of hydrogen-bond donors (Lipinski definition) is 2. The summed E-state index contributed by atoms with van der Waals surface area (Å²) in [6.07, 6.45) is -1.00. The highest BCUT2D eigenvalue weighted by atomic mass is 16.5. The second-order valence-electron chi connectivity index (χ2n) is 5.04. The molecule has 2 N–H and O–H groups in total. The third-order valence-corrected chi connectivity index (χ3v) is 3.41. The molecule has 1 aliphatic heterocycles. The summed E-state index contributed by atoms with van der Waals surface area (Å²) >= 11 is 0. The summed E-state index contributed by atoms with van der Waals surface area (Å²) in [6.45, 7) is 4.68. The van der Waals surface area contributed by atoms with E-state index in [1.165, 1.54) is 0 Å². The van der Waals surface area contributed by atoms with Gasteiger partial charge in [-0.2, -0.15) is 0 Å². The lowest BCUT2D eigenvalue weighted by molar-refractivity contribution is -0.150. The lowest BCUT2D eigenvalue weighted by atomic mass is 10.2. The monoisotopic (exact) mass is 323 g/mol. The van der Waals surface area contributed by atoms with Crippen molar-refractivity contribution in [1.82, 2.24) is 0 Å². The SMILES string of the molecule is CCOc1ccc(OCC)c(NC(=O)[C@@H]2CC[C@H](C(=O)O)O2)c1. The van der Waals surface area contributed by atoms with Gasteiger partial charge in [0.1, 0.15) is 17.6 Å². The minimum Gasteiger partial charge on any atom is -0.494 e. The van der Waals surface area contributed by atoms with E-state index in [-0.39, 0.29) is 5.91 Å². The van der Waals surface area contributed by atoms with Crippen LogP contribution in [0.1, 0.15) is 26.7 Å². The van der Waals surface area contributed by atoms with Gasteiger partial charge in [0, 0.05) is 6.07 Å². The molecule has 1 heterocycles. The molecule has 1 amide bonds. The van der Waals surface area contributed by atoms with E-state index in [9.17, 15) is 9.59 Å². The first-order valence-corrected chi connectivity index (χ1v) is 7.63. The molecule has 0 bridgehead atoms. The van der Waals surface area contributed by atoms with Gasteiger partial charge in [-0.3, -0.25) is 4.79 Å². The highest BCUT2D eigenvalue weighted by molar-refractivity contribution is 5.96. The number of carbonyl (C=O) groups excluding carboxylic acids is 1. The highest BCUT2D eigenvalue weighted by Crippen LogP contribution is 2.30. The van der Waals surface area contributed by atoms with E-state index >= 15 is 0 Å². The molecule has 7 heteroatoms. The van der Waals surface area contributed by atoms with E-state index < -0.39 is 18.2 Å². The summed E-state index contributed by atoms with van der Waals surface area (Å²) in [7, 11) is 0. The predicted molar refractivity (Wildman–Crippen MR) is 82.9 cm³/mol. The number of carboxylic acid groups (broad SMARTS) is 1. The maximum atomic E-state index is 12.3. The van der Waals surface area contributed by atoms with Crippen LogP contribution >= 0.6 is 0 Å². The molecule has 126 valence electrons. The third kappa shape index (κ3) is 4.35. The lowest BCUT2D eigenvalue weighted by Gasteiger charge is -2.16. The zero-order valence-corrected chi connectivity index (χ0v) is 13.2. The van der Waals surface area contributed by atoms with Crippen molar-refractivity contribution in [2.45, 2.75) is 38.9 Å². The molecule has 0 spiro atoms. The van der Waals surface area contributed by atoms with Crippen molar-refractivity contribution < 1.29 is 28.9 Å². The average molecular weight is 323 g/mol. The van der Waals surface area contributed by atoms with Crippen LogP contribution in [0.15, 0.2) is 18.2 Å². The molecule has 0 aliphatic carbocycles. The maximum Gasteiger partial charge on any atom is 0.332 e. The molecule has 0 saturated carbocycles. The van der Waals surface area contributed by atoms with Crippen LogP contribution in [0.25, 0.3) is 0 Å². The molecule has 2 rings (SSSR count). The van der Waals surface area contributed by atoms with Crippen LogP contribution in [0.4, 0.5) is 5.69 Å². The summed E-state index contributed by atoms with van der Waals surface area (Å²) in [5.74, 6) is -0.295. The molecule has 1 aliphatic rings. The van der Waals surface area contributed by atoms with Gasteiger partial charge in [0.25, 0.3) is 5.91 Å². The van der Waals surface area contributed by atoms with Crippen LogP contribution in [0.5, 0.6) is 11.5 Å². The number of carbonyl (C=O) groups is 2. The number of nitrogens with one attached hydrogen (secondary N) is 1. The molecule has 7 nitrogen and oxygen atoms in total. The number of carboxylic acids is 1. The number of benzene rings is 1. The minimum atomic E-state index is -1.05. The molecule has 1 saturated heterocycles. The number of amides is 1.